The second-order valence-electron chi connectivity index (χ2n) is 3.21. The van der Waals surface area contributed by atoms with Gasteiger partial charge in [0.05, 0.1) is 14.2 Å². The number of nitrogens with one attached hydrogen (secondary N) is 1. The van der Waals surface area contributed by atoms with Crippen molar-refractivity contribution in [2.24, 2.45) is 0 Å². The lowest BCUT2D eigenvalue weighted by atomic mass is 10.1. The normalized spacial score (nSPS) is 9.75. The van der Waals surface area contributed by atoms with E-state index < -0.39 is 0 Å². The van der Waals surface area contributed by atoms with Crippen molar-refractivity contribution in [3.63, 3.8) is 0 Å². The molecule has 16 heavy (non-hydrogen) atoms. The number of ether oxygens (including phenoxy) is 2. The summed E-state index contributed by atoms with van der Waals surface area (Å²) in [6.45, 7) is 2.33. The average Bonchev–Trinajstić information content (AvgIpc) is 2.26. The molecule has 0 fully saturated rings. The topological polar surface area (TPSA) is 47.6 Å². The number of carbonyl (C=O) groups is 1. The molecule has 1 N–H and O–H groups in total. The van der Waals surface area contributed by atoms with Crippen LogP contribution < -0.4 is 14.8 Å². The standard InChI is InChI=1S/C11H14BrNO3/c1-7-9(15-2)5-4-8(10(7)16-3)6-13-11(12)14/h4-5H,6H2,1-3H3,(H,13,14). The molecular weight excluding hydrogens is 274 g/mol. The molecule has 0 radical (unpaired) electrons. The Labute approximate surface area is 103 Å². The Morgan fingerprint density at radius 2 is 2.06 bits per heavy atom. The molecular formula is C11H14BrNO3. The second-order valence-corrected chi connectivity index (χ2v) is 3.93. The predicted octanol–water partition coefficient (Wildman–Crippen LogP) is 2.62. The SMILES string of the molecule is COc1ccc(CNC(=O)Br)c(OC)c1C. The Morgan fingerprint density at radius 3 is 2.56 bits per heavy atom. The Kier molecular flexibility index (Phi) is 4.61. The molecule has 1 amide bonds. The van der Waals surface area contributed by atoms with Gasteiger partial charge in [0.2, 0.25) is 0 Å². The van der Waals surface area contributed by atoms with Gasteiger partial charge >= 0.3 is 0 Å². The highest BCUT2D eigenvalue weighted by Crippen LogP contribution is 2.31. The maximum Gasteiger partial charge on any atom is 0.287 e. The van der Waals surface area contributed by atoms with Crippen LogP contribution in [0.15, 0.2) is 12.1 Å². The van der Waals surface area contributed by atoms with E-state index in [2.05, 4.69) is 21.2 Å². The monoisotopic (exact) mass is 287 g/mol. The molecule has 0 unspecified atom stereocenters. The summed E-state index contributed by atoms with van der Waals surface area (Å²) in [5.41, 5.74) is 1.83. The Balaban J connectivity index is 3.01. The third kappa shape index (κ3) is 2.88. The highest BCUT2D eigenvalue weighted by atomic mass is 79.9. The van der Waals surface area contributed by atoms with Gasteiger partial charge in [-0.15, -0.1) is 0 Å². The summed E-state index contributed by atoms with van der Waals surface area (Å²) < 4.78 is 10.5. The molecule has 88 valence electrons. The van der Waals surface area contributed by atoms with E-state index in [1.807, 2.05) is 19.1 Å². The molecule has 0 heterocycles. The molecule has 0 aliphatic heterocycles. The molecule has 0 aromatic heterocycles. The zero-order valence-electron chi connectivity index (χ0n) is 9.46. The summed E-state index contributed by atoms with van der Waals surface area (Å²) in [6, 6.07) is 3.72. The quantitative estimate of drug-likeness (QED) is 0.684. The van der Waals surface area contributed by atoms with Crippen LogP contribution in [0.3, 0.4) is 0 Å². The van der Waals surface area contributed by atoms with Crippen molar-refractivity contribution in [1.82, 2.24) is 5.32 Å². The van der Waals surface area contributed by atoms with Gasteiger partial charge in [-0.3, -0.25) is 4.79 Å². The van der Waals surface area contributed by atoms with Gasteiger partial charge in [0.1, 0.15) is 11.5 Å². The van der Waals surface area contributed by atoms with Crippen molar-refractivity contribution in [2.45, 2.75) is 13.5 Å². The first-order valence-corrected chi connectivity index (χ1v) is 5.53. The zero-order valence-corrected chi connectivity index (χ0v) is 11.1. The highest BCUT2D eigenvalue weighted by molar-refractivity contribution is 9.18. The molecule has 0 spiro atoms. The third-order valence-corrected chi connectivity index (χ3v) is 2.56. The van der Waals surface area contributed by atoms with Gasteiger partial charge in [-0.1, -0.05) is 0 Å². The minimum Gasteiger partial charge on any atom is -0.496 e. The van der Waals surface area contributed by atoms with Crippen LogP contribution >= 0.6 is 15.9 Å². The van der Waals surface area contributed by atoms with E-state index in [4.69, 9.17) is 9.47 Å². The maximum absolute atomic E-state index is 10.8. The van der Waals surface area contributed by atoms with Gasteiger partial charge in [0.25, 0.3) is 4.82 Å². The van der Waals surface area contributed by atoms with Gasteiger partial charge in [-0.2, -0.15) is 0 Å². The summed E-state index contributed by atoms with van der Waals surface area (Å²) in [5, 5.41) is 2.66. The number of carbonyl (C=O) groups excluding carboxylic acids is 1. The van der Waals surface area contributed by atoms with Gasteiger partial charge in [-0.25, -0.2) is 0 Å². The summed E-state index contributed by atoms with van der Waals surface area (Å²) in [4.78, 5) is 10.5. The lowest BCUT2D eigenvalue weighted by molar-refractivity contribution is 0.261. The van der Waals surface area contributed by atoms with Crippen molar-refractivity contribution in [1.29, 1.82) is 0 Å². The molecule has 1 rings (SSSR count). The predicted molar refractivity (Wildman–Crippen MR) is 65.4 cm³/mol. The van der Waals surface area contributed by atoms with E-state index in [0.29, 0.717) is 6.54 Å². The summed E-state index contributed by atoms with van der Waals surface area (Å²) in [7, 11) is 3.21. The lowest BCUT2D eigenvalue weighted by Crippen LogP contribution is -2.16. The van der Waals surface area contributed by atoms with Crippen LogP contribution in [0.1, 0.15) is 11.1 Å². The third-order valence-electron chi connectivity index (χ3n) is 2.28. The van der Waals surface area contributed by atoms with Crippen LogP contribution in [0, 0.1) is 6.92 Å². The molecule has 0 bridgehead atoms. The first-order chi connectivity index (χ1) is 7.60. The molecule has 0 aliphatic carbocycles. The van der Waals surface area contributed by atoms with Gasteiger partial charge < -0.3 is 14.8 Å². The van der Waals surface area contributed by atoms with Gasteiger partial charge in [0, 0.05) is 33.6 Å². The van der Waals surface area contributed by atoms with Crippen LogP contribution in [-0.4, -0.2) is 19.0 Å². The summed E-state index contributed by atoms with van der Waals surface area (Å²) in [5.74, 6) is 1.51. The van der Waals surface area contributed by atoms with E-state index >= 15 is 0 Å². The van der Waals surface area contributed by atoms with Crippen LogP contribution in [0.25, 0.3) is 0 Å². The van der Waals surface area contributed by atoms with Crippen molar-refractivity contribution in [3.05, 3.63) is 23.3 Å². The maximum atomic E-state index is 10.8. The van der Waals surface area contributed by atoms with Crippen molar-refractivity contribution in [3.8, 4) is 11.5 Å². The first kappa shape index (κ1) is 12.8. The molecule has 0 atom stereocenters. The number of methoxy groups -OCH3 is 2. The smallest absolute Gasteiger partial charge is 0.287 e. The van der Waals surface area contributed by atoms with Crippen molar-refractivity contribution < 1.29 is 14.3 Å². The molecule has 1 aromatic rings. The van der Waals surface area contributed by atoms with Gasteiger partial charge in [-0.05, 0) is 19.1 Å². The van der Waals surface area contributed by atoms with E-state index in [9.17, 15) is 4.79 Å². The van der Waals surface area contributed by atoms with Crippen LogP contribution in [-0.2, 0) is 6.54 Å². The van der Waals surface area contributed by atoms with E-state index in [0.717, 1.165) is 22.6 Å². The number of rotatable bonds is 4. The second kappa shape index (κ2) is 5.75. The summed E-state index contributed by atoms with van der Waals surface area (Å²) >= 11 is 2.81. The fourth-order valence-corrected chi connectivity index (χ4v) is 1.68. The molecule has 0 saturated heterocycles. The minimum absolute atomic E-state index is 0.247. The zero-order chi connectivity index (χ0) is 12.1. The lowest BCUT2D eigenvalue weighted by Gasteiger charge is -2.14. The average molecular weight is 288 g/mol. The molecule has 1 aromatic carbocycles. The number of benzene rings is 1. The first-order valence-electron chi connectivity index (χ1n) is 4.74. The summed E-state index contributed by atoms with van der Waals surface area (Å²) in [6.07, 6.45) is 0. The number of hydrogen-bond donors (Lipinski definition) is 1. The fourth-order valence-electron chi connectivity index (χ4n) is 1.54. The van der Waals surface area contributed by atoms with Crippen molar-refractivity contribution in [2.75, 3.05) is 14.2 Å². The minimum atomic E-state index is -0.247. The van der Waals surface area contributed by atoms with Crippen LogP contribution in [0.4, 0.5) is 4.79 Å². The highest BCUT2D eigenvalue weighted by Gasteiger charge is 2.11. The van der Waals surface area contributed by atoms with E-state index in [1.54, 1.807) is 14.2 Å². The Morgan fingerprint density at radius 1 is 1.38 bits per heavy atom. The van der Waals surface area contributed by atoms with Crippen LogP contribution in [0.5, 0.6) is 11.5 Å². The van der Waals surface area contributed by atoms with Crippen LogP contribution in [0.2, 0.25) is 0 Å². The molecule has 0 aliphatic rings. The van der Waals surface area contributed by atoms with Crippen molar-refractivity contribution >= 4 is 20.7 Å². The van der Waals surface area contributed by atoms with Gasteiger partial charge in [0.15, 0.2) is 0 Å². The van der Waals surface area contributed by atoms with E-state index in [-0.39, 0.29) is 4.82 Å². The number of amides is 1. The number of hydrogen-bond acceptors (Lipinski definition) is 3. The Bertz CT molecular complexity index is 393. The molecule has 4 nitrogen and oxygen atoms in total. The fraction of sp³-hybridized carbons (Fsp3) is 0.364. The van der Waals surface area contributed by atoms with E-state index in [1.165, 1.54) is 0 Å². The largest absolute Gasteiger partial charge is 0.496 e. The Hall–Kier alpha value is -1.23. The molecule has 5 heteroatoms. The number of halogens is 1. The molecule has 0 saturated carbocycles.